The van der Waals surface area contributed by atoms with Crippen LogP contribution >= 0.6 is 0 Å². The number of hydrogen-bond acceptors (Lipinski definition) is 4. The number of rotatable bonds is 3. The van der Waals surface area contributed by atoms with Gasteiger partial charge in [-0.05, 0) is 38.8 Å². The first-order valence-electron chi connectivity index (χ1n) is 7.83. The molecule has 0 radical (unpaired) electrons. The highest BCUT2D eigenvalue weighted by molar-refractivity contribution is 5.99. The molecule has 2 fully saturated rings. The number of piperidine rings is 2. The number of nitrogens with one attached hydrogen (secondary N) is 2. The van der Waals surface area contributed by atoms with Crippen LogP contribution in [-0.2, 0) is 0 Å². The summed E-state index contributed by atoms with van der Waals surface area (Å²) >= 11 is 0. The van der Waals surface area contributed by atoms with Crippen LogP contribution in [0.15, 0.2) is 18.5 Å². The van der Waals surface area contributed by atoms with Gasteiger partial charge in [-0.1, -0.05) is 6.42 Å². The maximum Gasteiger partial charge on any atom is 0.253 e. The SMILES string of the molecule is CNc1cnccc1C(=O)NC1CC2CCCC(C1)N2C. The van der Waals surface area contributed by atoms with Crippen molar-refractivity contribution < 1.29 is 4.79 Å². The van der Waals surface area contributed by atoms with Crippen LogP contribution in [0.1, 0.15) is 42.5 Å². The summed E-state index contributed by atoms with van der Waals surface area (Å²) in [5, 5.41) is 6.25. The lowest BCUT2D eigenvalue weighted by molar-refractivity contribution is 0.0463. The number of amides is 1. The molecule has 0 aliphatic carbocycles. The Balaban J connectivity index is 1.68. The van der Waals surface area contributed by atoms with Crippen LogP contribution in [0.3, 0.4) is 0 Å². The molecule has 2 N–H and O–H groups in total. The summed E-state index contributed by atoms with van der Waals surface area (Å²) in [5.74, 6) is 0.00868. The predicted molar refractivity (Wildman–Crippen MR) is 83.5 cm³/mol. The van der Waals surface area contributed by atoms with E-state index >= 15 is 0 Å². The lowest BCUT2D eigenvalue weighted by Crippen LogP contribution is -2.55. The largest absolute Gasteiger partial charge is 0.386 e. The molecule has 2 atom stereocenters. The first kappa shape index (κ1) is 14.3. The Bertz CT molecular complexity index is 505. The van der Waals surface area contributed by atoms with E-state index in [0.717, 1.165) is 18.5 Å². The molecule has 1 aromatic heterocycles. The highest BCUT2D eigenvalue weighted by atomic mass is 16.1. The molecule has 0 saturated carbocycles. The standard InChI is InChI=1S/C16H24N4O/c1-17-15-10-18-7-6-14(15)16(21)19-11-8-12-4-3-5-13(9-11)20(12)2/h6-7,10-13,17H,3-5,8-9H2,1-2H3,(H,19,21). The van der Waals surface area contributed by atoms with Gasteiger partial charge in [0.25, 0.3) is 5.91 Å². The van der Waals surface area contributed by atoms with Gasteiger partial charge in [0.05, 0.1) is 17.4 Å². The molecule has 2 bridgehead atoms. The van der Waals surface area contributed by atoms with Gasteiger partial charge >= 0.3 is 0 Å². The molecule has 21 heavy (non-hydrogen) atoms. The van der Waals surface area contributed by atoms with Crippen molar-refractivity contribution in [2.75, 3.05) is 19.4 Å². The molecule has 114 valence electrons. The maximum absolute atomic E-state index is 12.5. The second kappa shape index (κ2) is 6.02. The molecule has 2 aliphatic heterocycles. The van der Waals surface area contributed by atoms with E-state index in [1.165, 1.54) is 19.3 Å². The van der Waals surface area contributed by atoms with Crippen molar-refractivity contribution in [2.24, 2.45) is 0 Å². The summed E-state index contributed by atoms with van der Waals surface area (Å²) < 4.78 is 0. The number of carbonyl (C=O) groups is 1. The molecule has 0 spiro atoms. The fourth-order valence-electron chi connectivity index (χ4n) is 3.79. The molecule has 3 rings (SSSR count). The van der Waals surface area contributed by atoms with E-state index in [1.54, 1.807) is 18.5 Å². The zero-order valence-electron chi connectivity index (χ0n) is 12.8. The van der Waals surface area contributed by atoms with Crippen LogP contribution in [0, 0.1) is 0 Å². The minimum absolute atomic E-state index is 0.00868. The van der Waals surface area contributed by atoms with Crippen molar-refractivity contribution in [2.45, 2.75) is 50.2 Å². The van der Waals surface area contributed by atoms with Gasteiger partial charge in [-0.2, -0.15) is 0 Å². The van der Waals surface area contributed by atoms with Crippen molar-refractivity contribution in [3.05, 3.63) is 24.0 Å². The Hall–Kier alpha value is -1.62. The fraction of sp³-hybridized carbons (Fsp3) is 0.625. The number of carbonyl (C=O) groups excluding carboxylic acids is 1. The average molecular weight is 288 g/mol. The molecule has 3 heterocycles. The Morgan fingerprint density at radius 1 is 1.33 bits per heavy atom. The van der Waals surface area contributed by atoms with E-state index in [2.05, 4.69) is 27.6 Å². The summed E-state index contributed by atoms with van der Waals surface area (Å²) in [6.07, 6.45) is 9.34. The molecule has 2 saturated heterocycles. The molecule has 1 aromatic rings. The van der Waals surface area contributed by atoms with Crippen LogP contribution in [0.25, 0.3) is 0 Å². The van der Waals surface area contributed by atoms with Gasteiger partial charge < -0.3 is 15.5 Å². The van der Waals surface area contributed by atoms with E-state index in [1.807, 2.05) is 7.05 Å². The van der Waals surface area contributed by atoms with E-state index in [9.17, 15) is 4.79 Å². The van der Waals surface area contributed by atoms with Crippen LogP contribution in [-0.4, -0.2) is 48.0 Å². The van der Waals surface area contributed by atoms with Crippen molar-refractivity contribution in [3.63, 3.8) is 0 Å². The molecular weight excluding hydrogens is 264 g/mol. The summed E-state index contributed by atoms with van der Waals surface area (Å²) in [6, 6.07) is 3.33. The Labute approximate surface area is 126 Å². The van der Waals surface area contributed by atoms with Gasteiger partial charge in [-0.3, -0.25) is 9.78 Å². The van der Waals surface area contributed by atoms with Gasteiger partial charge in [0.1, 0.15) is 0 Å². The average Bonchev–Trinajstić information content (AvgIpc) is 2.48. The predicted octanol–water partition coefficient (Wildman–Crippen LogP) is 1.87. The Kier molecular flexibility index (Phi) is 4.10. The molecule has 5 nitrogen and oxygen atoms in total. The van der Waals surface area contributed by atoms with Gasteiger partial charge in [-0.15, -0.1) is 0 Å². The number of anilines is 1. The van der Waals surface area contributed by atoms with Crippen molar-refractivity contribution in [1.29, 1.82) is 0 Å². The van der Waals surface area contributed by atoms with Gasteiger partial charge in [0, 0.05) is 31.4 Å². The highest BCUT2D eigenvalue weighted by Gasteiger charge is 2.36. The number of fused-ring (bicyclic) bond motifs is 2. The van der Waals surface area contributed by atoms with Crippen molar-refractivity contribution in [3.8, 4) is 0 Å². The third kappa shape index (κ3) is 2.88. The Morgan fingerprint density at radius 3 is 2.71 bits per heavy atom. The molecule has 0 aromatic carbocycles. The summed E-state index contributed by atoms with van der Waals surface area (Å²) in [5.41, 5.74) is 1.46. The molecule has 2 unspecified atom stereocenters. The fourth-order valence-corrected chi connectivity index (χ4v) is 3.79. The summed E-state index contributed by atoms with van der Waals surface area (Å²) in [4.78, 5) is 19.1. The van der Waals surface area contributed by atoms with Gasteiger partial charge in [0.15, 0.2) is 0 Å². The van der Waals surface area contributed by atoms with Gasteiger partial charge in [0.2, 0.25) is 0 Å². The van der Waals surface area contributed by atoms with Crippen LogP contribution in [0.2, 0.25) is 0 Å². The minimum atomic E-state index is 0.00868. The normalized spacial score (nSPS) is 29.0. The Morgan fingerprint density at radius 2 is 2.05 bits per heavy atom. The lowest BCUT2D eigenvalue weighted by Gasteiger charge is -2.47. The molecule has 5 heteroatoms. The lowest BCUT2D eigenvalue weighted by atomic mass is 9.82. The topological polar surface area (TPSA) is 57.3 Å². The summed E-state index contributed by atoms with van der Waals surface area (Å²) in [6.45, 7) is 0. The zero-order valence-corrected chi connectivity index (χ0v) is 12.8. The number of nitrogens with zero attached hydrogens (tertiary/aromatic N) is 2. The second-order valence-electron chi connectivity index (χ2n) is 6.22. The first-order valence-corrected chi connectivity index (χ1v) is 7.83. The van der Waals surface area contributed by atoms with E-state index in [4.69, 9.17) is 0 Å². The quantitative estimate of drug-likeness (QED) is 0.891. The second-order valence-corrected chi connectivity index (χ2v) is 6.22. The van der Waals surface area contributed by atoms with E-state index in [0.29, 0.717) is 23.7 Å². The minimum Gasteiger partial charge on any atom is -0.386 e. The summed E-state index contributed by atoms with van der Waals surface area (Å²) in [7, 11) is 4.04. The molecule has 2 aliphatic rings. The van der Waals surface area contributed by atoms with Crippen molar-refractivity contribution in [1.82, 2.24) is 15.2 Å². The van der Waals surface area contributed by atoms with Gasteiger partial charge in [-0.25, -0.2) is 0 Å². The third-order valence-electron chi connectivity index (χ3n) is 5.01. The number of aromatic nitrogens is 1. The number of pyridine rings is 1. The number of hydrogen-bond donors (Lipinski definition) is 2. The highest BCUT2D eigenvalue weighted by Crippen LogP contribution is 2.32. The van der Waals surface area contributed by atoms with E-state index < -0.39 is 0 Å². The first-order chi connectivity index (χ1) is 10.2. The van der Waals surface area contributed by atoms with Crippen LogP contribution in [0.4, 0.5) is 5.69 Å². The smallest absolute Gasteiger partial charge is 0.253 e. The molecular formula is C16H24N4O. The maximum atomic E-state index is 12.5. The van der Waals surface area contributed by atoms with E-state index in [-0.39, 0.29) is 5.91 Å². The monoisotopic (exact) mass is 288 g/mol. The van der Waals surface area contributed by atoms with Crippen LogP contribution in [0.5, 0.6) is 0 Å². The zero-order chi connectivity index (χ0) is 14.8. The van der Waals surface area contributed by atoms with Crippen LogP contribution < -0.4 is 10.6 Å². The third-order valence-corrected chi connectivity index (χ3v) is 5.01. The molecule has 1 amide bonds. The van der Waals surface area contributed by atoms with Crippen molar-refractivity contribution >= 4 is 11.6 Å².